The number of nitrogens with zero attached hydrogens (tertiary/aromatic N) is 4. The number of halogens is 4. The smallest absolute Gasteiger partial charge is 0.475 e. The third kappa shape index (κ3) is 6.70. The van der Waals surface area contributed by atoms with E-state index in [4.69, 9.17) is 14.9 Å². The van der Waals surface area contributed by atoms with Crippen LogP contribution in [0.3, 0.4) is 0 Å². The van der Waals surface area contributed by atoms with Crippen LogP contribution in [0.15, 0.2) is 102 Å². The lowest BCUT2D eigenvalue weighted by Crippen LogP contribution is -2.29. The van der Waals surface area contributed by atoms with E-state index in [-0.39, 0.29) is 5.39 Å². The fraction of sp³-hybridized carbons (Fsp3) is 0.222. The fourth-order valence-corrected chi connectivity index (χ4v) is 6.05. The highest BCUT2D eigenvalue weighted by atomic mass is 19.4. The van der Waals surface area contributed by atoms with E-state index in [0.717, 1.165) is 48.1 Å². The first-order valence-electron chi connectivity index (χ1n) is 15.3. The Kier molecular flexibility index (Phi) is 9.09. The summed E-state index contributed by atoms with van der Waals surface area (Å²) in [6, 6.07) is 28.3. The van der Waals surface area contributed by atoms with Crippen molar-refractivity contribution in [3.63, 3.8) is 0 Å². The number of aromatic nitrogens is 4. The van der Waals surface area contributed by atoms with Gasteiger partial charge in [-0.1, -0.05) is 66.7 Å². The van der Waals surface area contributed by atoms with Crippen molar-refractivity contribution >= 4 is 27.9 Å². The first-order chi connectivity index (χ1) is 23.0. The average molecular weight is 658 g/mol. The molecule has 7 rings (SSSR count). The van der Waals surface area contributed by atoms with E-state index in [0.29, 0.717) is 22.8 Å². The van der Waals surface area contributed by atoms with Crippen LogP contribution in [0.25, 0.3) is 33.1 Å². The van der Waals surface area contributed by atoms with Crippen LogP contribution in [-0.4, -0.2) is 61.8 Å². The summed E-state index contributed by atoms with van der Waals surface area (Å²) in [5.74, 6) is -2.21. The number of H-pyrrole nitrogens is 1. The van der Waals surface area contributed by atoms with Gasteiger partial charge in [-0.25, -0.2) is 19.2 Å². The van der Waals surface area contributed by atoms with Crippen molar-refractivity contribution in [1.82, 2.24) is 24.4 Å². The van der Waals surface area contributed by atoms with E-state index >= 15 is 4.39 Å². The number of hydrogen-bond acceptors (Lipinski definition) is 5. The predicted octanol–water partition coefficient (Wildman–Crippen LogP) is 7.16. The predicted molar refractivity (Wildman–Crippen MR) is 174 cm³/mol. The number of aromatic amines is 1. The molecule has 0 spiro atoms. The zero-order valence-corrected chi connectivity index (χ0v) is 25.8. The van der Waals surface area contributed by atoms with Crippen molar-refractivity contribution in [3.05, 3.63) is 130 Å². The van der Waals surface area contributed by atoms with Gasteiger partial charge >= 0.3 is 12.1 Å². The summed E-state index contributed by atoms with van der Waals surface area (Å²) in [4.78, 5) is 38.0. The van der Waals surface area contributed by atoms with E-state index in [1.54, 1.807) is 12.1 Å². The van der Waals surface area contributed by atoms with Gasteiger partial charge in [0, 0.05) is 5.56 Å². The number of nitrogens with one attached hydrogen (secondary N) is 1. The Hall–Kier alpha value is -5.36. The molecule has 1 fully saturated rings. The Morgan fingerprint density at radius 2 is 1.56 bits per heavy atom. The monoisotopic (exact) mass is 657 g/mol. The van der Waals surface area contributed by atoms with E-state index < -0.39 is 29.6 Å². The third-order valence-electron chi connectivity index (χ3n) is 8.60. The number of carboxylic acids is 1. The number of rotatable bonds is 5. The van der Waals surface area contributed by atoms with Crippen molar-refractivity contribution in [2.24, 2.45) is 0 Å². The number of carbonyl (C=O) groups is 1. The Morgan fingerprint density at radius 3 is 2.21 bits per heavy atom. The second kappa shape index (κ2) is 13.4. The summed E-state index contributed by atoms with van der Waals surface area (Å²) in [6.45, 7) is 2.17. The molecule has 2 N–H and O–H groups in total. The molecule has 48 heavy (non-hydrogen) atoms. The standard InChI is InChI=1S/C34H30FN5O.C2HF3O2/c1-39-19-17-23(18-20-39)22-11-13-24(14-12-22)26-15-16-29-30(31(26)35)34(41)40(21-36-29)32(25-7-3-2-4-8-25)33-37-27-9-5-6-10-28(27)38-33;3-2(4,5)1(6)7/h2-16,21,23,32H,17-20H2,1H3,(H,37,38);(H,6,7). The second-order valence-corrected chi connectivity index (χ2v) is 11.7. The Morgan fingerprint density at radius 1 is 0.917 bits per heavy atom. The number of fused-ring (bicyclic) bond motifs is 2. The lowest BCUT2D eigenvalue weighted by atomic mass is 9.88. The Balaban J connectivity index is 0.000000519. The van der Waals surface area contributed by atoms with Crippen LogP contribution < -0.4 is 5.56 Å². The number of piperidine rings is 1. The van der Waals surface area contributed by atoms with Gasteiger partial charge in [-0.2, -0.15) is 13.2 Å². The fourth-order valence-electron chi connectivity index (χ4n) is 6.05. The molecule has 1 unspecified atom stereocenters. The molecular weight excluding hydrogens is 626 g/mol. The minimum absolute atomic E-state index is 0.0264. The van der Waals surface area contributed by atoms with Crippen LogP contribution in [-0.2, 0) is 4.79 Å². The summed E-state index contributed by atoms with van der Waals surface area (Å²) >= 11 is 0. The van der Waals surface area contributed by atoms with Crippen LogP contribution in [0, 0.1) is 5.82 Å². The summed E-state index contributed by atoms with van der Waals surface area (Å²) in [5.41, 5.74) is 4.79. The molecule has 1 saturated heterocycles. The summed E-state index contributed by atoms with van der Waals surface area (Å²) < 4.78 is 49.5. The van der Waals surface area contributed by atoms with Gasteiger partial charge in [0.05, 0.1) is 22.9 Å². The van der Waals surface area contributed by atoms with E-state index in [1.165, 1.54) is 16.5 Å². The van der Waals surface area contributed by atoms with Gasteiger partial charge in [0.2, 0.25) is 0 Å². The average Bonchev–Trinajstić information content (AvgIpc) is 3.51. The number of benzene rings is 4. The van der Waals surface area contributed by atoms with Crippen molar-refractivity contribution in [1.29, 1.82) is 0 Å². The van der Waals surface area contributed by atoms with Gasteiger partial charge in [0.25, 0.3) is 5.56 Å². The van der Waals surface area contributed by atoms with Crippen LogP contribution in [0.2, 0.25) is 0 Å². The van der Waals surface area contributed by atoms with Crippen molar-refractivity contribution in [3.8, 4) is 11.1 Å². The molecule has 246 valence electrons. The SMILES string of the molecule is CN1CCC(c2ccc(-c3ccc4ncn(C(c5ccccc5)c5nc6ccccc6[nH]5)c(=O)c4c3F)cc2)CC1.O=C(O)C(F)(F)F. The molecule has 0 bridgehead atoms. The maximum Gasteiger partial charge on any atom is 0.490 e. The molecule has 6 aromatic rings. The number of alkyl halides is 3. The summed E-state index contributed by atoms with van der Waals surface area (Å²) in [6.07, 6.45) is -1.34. The molecule has 1 aliphatic rings. The molecule has 0 aliphatic carbocycles. The van der Waals surface area contributed by atoms with Crippen LogP contribution in [0.4, 0.5) is 17.6 Å². The molecule has 1 aliphatic heterocycles. The number of aliphatic carboxylic acids is 1. The third-order valence-corrected chi connectivity index (χ3v) is 8.60. The molecule has 4 aromatic carbocycles. The lowest BCUT2D eigenvalue weighted by molar-refractivity contribution is -0.192. The highest BCUT2D eigenvalue weighted by Crippen LogP contribution is 2.32. The number of hydrogen-bond donors (Lipinski definition) is 2. The molecule has 3 heterocycles. The molecule has 2 aromatic heterocycles. The van der Waals surface area contributed by atoms with Crippen LogP contribution in [0.5, 0.6) is 0 Å². The van der Waals surface area contributed by atoms with Gasteiger partial charge in [0.1, 0.15) is 23.1 Å². The Labute approximate surface area is 272 Å². The summed E-state index contributed by atoms with van der Waals surface area (Å²) in [7, 11) is 2.16. The number of likely N-dealkylation sites (tertiary alicyclic amines) is 1. The van der Waals surface area contributed by atoms with Crippen molar-refractivity contribution in [2.45, 2.75) is 31.0 Å². The van der Waals surface area contributed by atoms with Gasteiger partial charge in [0.15, 0.2) is 0 Å². The second-order valence-electron chi connectivity index (χ2n) is 11.7. The van der Waals surface area contributed by atoms with Crippen molar-refractivity contribution in [2.75, 3.05) is 20.1 Å². The van der Waals surface area contributed by atoms with Crippen LogP contribution in [0.1, 0.15) is 41.8 Å². The maximum atomic E-state index is 16.2. The highest BCUT2D eigenvalue weighted by molar-refractivity contribution is 5.85. The number of carboxylic acid groups (broad SMARTS) is 1. The topological polar surface area (TPSA) is 104 Å². The largest absolute Gasteiger partial charge is 0.490 e. The minimum Gasteiger partial charge on any atom is -0.475 e. The minimum atomic E-state index is -5.08. The normalized spacial score (nSPS) is 14.9. The van der Waals surface area contributed by atoms with Gasteiger partial charge < -0.3 is 15.0 Å². The molecule has 0 radical (unpaired) electrons. The molecule has 1 atom stereocenters. The zero-order chi connectivity index (χ0) is 34.0. The van der Waals surface area contributed by atoms with E-state index in [1.807, 2.05) is 66.7 Å². The van der Waals surface area contributed by atoms with Gasteiger partial charge in [-0.15, -0.1) is 0 Å². The molecular formula is C36H31F4N5O3. The molecule has 0 saturated carbocycles. The summed E-state index contributed by atoms with van der Waals surface area (Å²) in [5, 5.41) is 7.10. The highest BCUT2D eigenvalue weighted by Gasteiger charge is 2.38. The van der Waals surface area contributed by atoms with Crippen molar-refractivity contribution < 1.29 is 27.5 Å². The van der Waals surface area contributed by atoms with E-state index in [2.05, 4.69) is 34.0 Å². The zero-order valence-electron chi connectivity index (χ0n) is 25.8. The lowest BCUT2D eigenvalue weighted by Gasteiger charge is -2.29. The number of para-hydroxylation sites is 2. The maximum absolute atomic E-state index is 16.2. The molecule has 12 heteroatoms. The molecule has 8 nitrogen and oxygen atoms in total. The Bertz CT molecular complexity index is 2090. The van der Waals surface area contributed by atoms with Crippen LogP contribution >= 0.6 is 0 Å². The number of imidazole rings is 1. The van der Waals surface area contributed by atoms with Gasteiger partial charge in [-0.05, 0) is 79.9 Å². The van der Waals surface area contributed by atoms with E-state index in [9.17, 15) is 18.0 Å². The molecule has 0 amide bonds. The van der Waals surface area contributed by atoms with Gasteiger partial charge in [-0.3, -0.25) is 9.36 Å². The first kappa shape index (κ1) is 32.6. The first-order valence-corrected chi connectivity index (χ1v) is 15.3. The quantitative estimate of drug-likeness (QED) is 0.191.